The van der Waals surface area contributed by atoms with Gasteiger partial charge in [0.2, 0.25) is 0 Å². The van der Waals surface area contributed by atoms with Crippen molar-refractivity contribution in [3.05, 3.63) is 29.8 Å². The summed E-state index contributed by atoms with van der Waals surface area (Å²) in [5.41, 5.74) is 6.94. The first-order chi connectivity index (χ1) is 8.61. The second kappa shape index (κ2) is 8.57. The molecular weight excluding hydrogens is 240 g/mol. The van der Waals surface area contributed by atoms with E-state index in [1.54, 1.807) is 0 Å². The highest BCUT2D eigenvalue weighted by Crippen LogP contribution is 2.22. The van der Waals surface area contributed by atoms with Crippen LogP contribution in [-0.4, -0.2) is 18.3 Å². The first-order valence-corrected chi connectivity index (χ1v) is 7.66. The summed E-state index contributed by atoms with van der Waals surface area (Å²) in [6.45, 7) is 9.41. The minimum Gasteiger partial charge on any atom is -0.330 e. The zero-order valence-electron chi connectivity index (χ0n) is 11.8. The highest BCUT2D eigenvalue weighted by Gasteiger charge is 2.00. The van der Waals surface area contributed by atoms with E-state index in [1.807, 2.05) is 11.8 Å². The third-order valence-electron chi connectivity index (χ3n) is 2.84. The van der Waals surface area contributed by atoms with Gasteiger partial charge < -0.3 is 11.1 Å². The molecule has 0 saturated carbocycles. The molecular formula is C15H26N2S. The third-order valence-corrected chi connectivity index (χ3v) is 3.86. The minimum absolute atomic E-state index is 0.613. The van der Waals surface area contributed by atoms with E-state index >= 15 is 0 Å². The van der Waals surface area contributed by atoms with Crippen LogP contribution in [0.15, 0.2) is 29.2 Å². The number of rotatable bonds is 8. The second-order valence-electron chi connectivity index (χ2n) is 5.12. The van der Waals surface area contributed by atoms with E-state index in [4.69, 9.17) is 5.73 Å². The molecule has 1 atom stereocenters. The maximum atomic E-state index is 5.59. The Kier molecular flexibility index (Phi) is 7.40. The van der Waals surface area contributed by atoms with Crippen LogP contribution >= 0.6 is 11.8 Å². The number of benzene rings is 1. The standard InChI is InChI=1S/C15H26N2S/c1-12(2)18-15-6-4-14(5-7-15)11-17-9-8-13(3)10-16/h4-7,12-13,17H,8-11,16H2,1-3H3. The summed E-state index contributed by atoms with van der Waals surface area (Å²) in [5.74, 6) is 0.613. The topological polar surface area (TPSA) is 38.0 Å². The van der Waals surface area contributed by atoms with E-state index in [0.717, 1.165) is 26.1 Å². The van der Waals surface area contributed by atoms with Crippen LogP contribution < -0.4 is 11.1 Å². The van der Waals surface area contributed by atoms with Gasteiger partial charge >= 0.3 is 0 Å². The van der Waals surface area contributed by atoms with Crippen LogP contribution in [0.4, 0.5) is 0 Å². The average Bonchev–Trinajstić information content (AvgIpc) is 2.35. The van der Waals surface area contributed by atoms with Crippen LogP contribution in [0.2, 0.25) is 0 Å². The smallest absolute Gasteiger partial charge is 0.0205 e. The van der Waals surface area contributed by atoms with Crippen LogP contribution in [0.5, 0.6) is 0 Å². The maximum absolute atomic E-state index is 5.59. The highest BCUT2D eigenvalue weighted by atomic mass is 32.2. The Labute approximate surface area is 116 Å². The van der Waals surface area contributed by atoms with Gasteiger partial charge in [0.25, 0.3) is 0 Å². The number of hydrogen-bond acceptors (Lipinski definition) is 3. The average molecular weight is 266 g/mol. The maximum Gasteiger partial charge on any atom is 0.0205 e. The van der Waals surface area contributed by atoms with Gasteiger partial charge in [-0.2, -0.15) is 0 Å². The van der Waals surface area contributed by atoms with Crippen LogP contribution in [-0.2, 0) is 6.54 Å². The third kappa shape index (κ3) is 6.43. The molecule has 0 fully saturated rings. The Morgan fingerprint density at radius 1 is 1.17 bits per heavy atom. The van der Waals surface area contributed by atoms with E-state index in [-0.39, 0.29) is 0 Å². The van der Waals surface area contributed by atoms with Crippen LogP contribution in [0, 0.1) is 5.92 Å². The molecule has 0 aliphatic heterocycles. The van der Waals surface area contributed by atoms with Crippen molar-refractivity contribution in [3.8, 4) is 0 Å². The summed E-state index contributed by atoms with van der Waals surface area (Å²) in [7, 11) is 0. The number of nitrogens with one attached hydrogen (secondary N) is 1. The van der Waals surface area contributed by atoms with E-state index in [1.165, 1.54) is 10.5 Å². The monoisotopic (exact) mass is 266 g/mol. The molecule has 3 heteroatoms. The van der Waals surface area contributed by atoms with Gasteiger partial charge in [-0.1, -0.05) is 32.9 Å². The Balaban J connectivity index is 2.26. The summed E-state index contributed by atoms with van der Waals surface area (Å²) in [6, 6.07) is 8.85. The molecule has 0 aliphatic rings. The van der Waals surface area contributed by atoms with Gasteiger partial charge in [0, 0.05) is 16.7 Å². The zero-order chi connectivity index (χ0) is 13.4. The molecule has 1 rings (SSSR count). The van der Waals surface area contributed by atoms with Crippen molar-refractivity contribution in [2.75, 3.05) is 13.1 Å². The van der Waals surface area contributed by atoms with Crippen LogP contribution in [0.3, 0.4) is 0 Å². The van der Waals surface area contributed by atoms with Gasteiger partial charge in [0.1, 0.15) is 0 Å². The molecule has 102 valence electrons. The fourth-order valence-corrected chi connectivity index (χ4v) is 2.49. The van der Waals surface area contributed by atoms with E-state index in [2.05, 4.69) is 50.4 Å². The number of hydrogen-bond donors (Lipinski definition) is 2. The van der Waals surface area contributed by atoms with Gasteiger partial charge in [-0.15, -0.1) is 11.8 Å². The van der Waals surface area contributed by atoms with Gasteiger partial charge in [0.15, 0.2) is 0 Å². The Bertz CT molecular complexity index is 322. The van der Waals surface area contributed by atoms with Gasteiger partial charge in [-0.3, -0.25) is 0 Å². The summed E-state index contributed by atoms with van der Waals surface area (Å²) in [4.78, 5) is 1.35. The SMILES string of the molecule is CC(CN)CCNCc1ccc(SC(C)C)cc1. The molecule has 1 unspecified atom stereocenters. The van der Waals surface area contributed by atoms with Gasteiger partial charge in [0.05, 0.1) is 0 Å². The predicted molar refractivity (Wildman–Crippen MR) is 82.0 cm³/mol. The van der Waals surface area contributed by atoms with Crippen molar-refractivity contribution < 1.29 is 0 Å². The normalized spacial score (nSPS) is 12.9. The highest BCUT2D eigenvalue weighted by molar-refractivity contribution is 7.99. The lowest BCUT2D eigenvalue weighted by atomic mass is 10.1. The first-order valence-electron chi connectivity index (χ1n) is 6.78. The summed E-state index contributed by atoms with van der Waals surface area (Å²) < 4.78 is 0. The predicted octanol–water partition coefficient (Wildman–Crippen LogP) is 3.26. The molecule has 0 amide bonds. The number of nitrogens with two attached hydrogens (primary N) is 1. The van der Waals surface area contributed by atoms with Gasteiger partial charge in [-0.25, -0.2) is 0 Å². The van der Waals surface area contributed by atoms with Gasteiger partial charge in [-0.05, 0) is 43.1 Å². The van der Waals surface area contributed by atoms with Crippen molar-refractivity contribution in [3.63, 3.8) is 0 Å². The Morgan fingerprint density at radius 2 is 1.83 bits per heavy atom. The lowest BCUT2D eigenvalue weighted by molar-refractivity contribution is 0.509. The summed E-state index contributed by atoms with van der Waals surface area (Å²) in [6.07, 6.45) is 1.15. The van der Waals surface area contributed by atoms with Crippen molar-refractivity contribution in [2.24, 2.45) is 11.7 Å². The van der Waals surface area contributed by atoms with E-state index in [9.17, 15) is 0 Å². The van der Waals surface area contributed by atoms with E-state index in [0.29, 0.717) is 11.2 Å². The molecule has 0 spiro atoms. The Morgan fingerprint density at radius 3 is 2.39 bits per heavy atom. The van der Waals surface area contributed by atoms with Crippen LogP contribution in [0.1, 0.15) is 32.8 Å². The van der Waals surface area contributed by atoms with Crippen molar-refractivity contribution in [1.29, 1.82) is 0 Å². The Hall–Kier alpha value is -0.510. The molecule has 1 aromatic rings. The van der Waals surface area contributed by atoms with E-state index < -0.39 is 0 Å². The molecule has 0 bridgehead atoms. The van der Waals surface area contributed by atoms with Crippen molar-refractivity contribution in [2.45, 2.75) is 43.9 Å². The molecule has 0 saturated heterocycles. The summed E-state index contributed by atoms with van der Waals surface area (Å²) >= 11 is 1.91. The zero-order valence-corrected chi connectivity index (χ0v) is 12.6. The van der Waals surface area contributed by atoms with Crippen molar-refractivity contribution >= 4 is 11.8 Å². The molecule has 1 aromatic carbocycles. The lowest BCUT2D eigenvalue weighted by Crippen LogP contribution is -2.20. The van der Waals surface area contributed by atoms with Crippen molar-refractivity contribution in [1.82, 2.24) is 5.32 Å². The molecule has 0 aromatic heterocycles. The second-order valence-corrected chi connectivity index (χ2v) is 6.77. The molecule has 3 N–H and O–H groups in total. The largest absolute Gasteiger partial charge is 0.330 e. The quantitative estimate of drug-likeness (QED) is 0.560. The molecule has 18 heavy (non-hydrogen) atoms. The number of thioether (sulfide) groups is 1. The fourth-order valence-electron chi connectivity index (χ4n) is 1.66. The molecule has 0 aliphatic carbocycles. The molecule has 2 nitrogen and oxygen atoms in total. The minimum atomic E-state index is 0.613. The summed E-state index contributed by atoms with van der Waals surface area (Å²) in [5, 5.41) is 4.11. The molecule has 0 heterocycles. The fraction of sp³-hybridized carbons (Fsp3) is 0.600. The van der Waals surface area contributed by atoms with Crippen LogP contribution in [0.25, 0.3) is 0 Å². The lowest BCUT2D eigenvalue weighted by Gasteiger charge is -2.10. The first kappa shape index (κ1) is 15.5. The molecule has 0 radical (unpaired) electrons.